The molecule has 1 amide bonds. The van der Waals surface area contributed by atoms with Crippen molar-refractivity contribution in [1.82, 2.24) is 5.32 Å². The van der Waals surface area contributed by atoms with Crippen LogP contribution >= 0.6 is 0 Å². The number of para-hydroxylation sites is 2. The second-order valence-electron chi connectivity index (χ2n) is 7.99. The molecule has 1 N–H and O–H groups in total. The normalized spacial score (nSPS) is 15.1. The van der Waals surface area contributed by atoms with Gasteiger partial charge in [-0.1, -0.05) is 18.2 Å². The zero-order valence-electron chi connectivity index (χ0n) is 19.3. The Hall–Kier alpha value is -3.33. The molecule has 9 nitrogen and oxygen atoms in total. The van der Waals surface area contributed by atoms with Crippen molar-refractivity contribution in [3.63, 3.8) is 0 Å². The van der Waals surface area contributed by atoms with Crippen molar-refractivity contribution in [2.75, 3.05) is 45.4 Å². The van der Waals surface area contributed by atoms with E-state index in [2.05, 4.69) is 5.32 Å². The molecule has 1 aliphatic rings. The van der Waals surface area contributed by atoms with Gasteiger partial charge >= 0.3 is 0 Å². The van der Waals surface area contributed by atoms with Crippen LogP contribution in [0.15, 0.2) is 42.5 Å². The van der Waals surface area contributed by atoms with Crippen LogP contribution in [-0.2, 0) is 9.53 Å². The molecule has 2 aromatic rings. The molecular formula is C24H31N3O6. The van der Waals surface area contributed by atoms with Crippen LogP contribution in [0.5, 0.6) is 11.5 Å². The third-order valence-electron chi connectivity index (χ3n) is 5.88. The van der Waals surface area contributed by atoms with Crippen LogP contribution < -0.4 is 19.7 Å². The second kappa shape index (κ2) is 11.5. The first-order valence-corrected chi connectivity index (χ1v) is 11.0. The maximum atomic E-state index is 12.9. The molecule has 33 heavy (non-hydrogen) atoms. The van der Waals surface area contributed by atoms with Crippen LogP contribution in [0, 0.1) is 16.0 Å². The first kappa shape index (κ1) is 24.3. The van der Waals surface area contributed by atoms with Gasteiger partial charge in [-0.15, -0.1) is 0 Å². The van der Waals surface area contributed by atoms with Gasteiger partial charge in [0.05, 0.1) is 24.7 Å². The van der Waals surface area contributed by atoms with Crippen LogP contribution in [0.2, 0.25) is 0 Å². The molecule has 178 valence electrons. The van der Waals surface area contributed by atoms with Gasteiger partial charge in [-0.2, -0.15) is 0 Å². The first-order valence-electron chi connectivity index (χ1n) is 11.0. The van der Waals surface area contributed by atoms with E-state index in [9.17, 15) is 14.9 Å². The summed E-state index contributed by atoms with van der Waals surface area (Å²) in [5.41, 5.74) is 1.61. The molecule has 2 aromatic carbocycles. The number of nitrogens with zero attached hydrogens (tertiary/aromatic N) is 2. The van der Waals surface area contributed by atoms with E-state index in [1.54, 1.807) is 32.4 Å². The van der Waals surface area contributed by atoms with E-state index in [1.165, 1.54) is 6.07 Å². The Morgan fingerprint density at radius 2 is 1.88 bits per heavy atom. The number of nitro groups is 1. The third-order valence-corrected chi connectivity index (χ3v) is 5.88. The summed E-state index contributed by atoms with van der Waals surface area (Å²) in [5, 5.41) is 14.4. The minimum absolute atomic E-state index is 0.0101. The molecule has 9 heteroatoms. The van der Waals surface area contributed by atoms with Crippen LogP contribution in [-0.4, -0.2) is 51.4 Å². The van der Waals surface area contributed by atoms with Crippen molar-refractivity contribution in [2.45, 2.75) is 25.8 Å². The van der Waals surface area contributed by atoms with Gasteiger partial charge in [0, 0.05) is 32.2 Å². The largest absolute Gasteiger partial charge is 0.493 e. The molecule has 1 aliphatic heterocycles. The highest BCUT2D eigenvalue weighted by atomic mass is 16.6. The molecule has 0 aromatic heterocycles. The number of carbonyl (C=O) groups is 1. The van der Waals surface area contributed by atoms with Crippen molar-refractivity contribution in [3.05, 3.63) is 58.1 Å². The standard InChI is InChI=1S/C24H31N3O6/c1-17(19-8-9-22(23(16-19)32-3)33-15-14-31-2)25-24(28)18-10-12-26(13-11-18)20-6-4-5-7-21(20)27(29)30/h4-9,16-18H,10-15H2,1-3H3,(H,25,28). The molecule has 1 saturated heterocycles. The lowest BCUT2D eigenvalue weighted by molar-refractivity contribution is -0.384. The Bertz CT molecular complexity index is 959. The molecule has 0 bridgehead atoms. The molecule has 0 saturated carbocycles. The van der Waals surface area contributed by atoms with Gasteiger partial charge in [-0.05, 0) is 43.5 Å². The maximum absolute atomic E-state index is 12.9. The number of carbonyl (C=O) groups excluding carboxylic acids is 1. The molecule has 3 rings (SSSR count). The molecule has 1 unspecified atom stereocenters. The number of ether oxygens (including phenoxy) is 3. The Kier molecular flexibility index (Phi) is 8.48. The van der Waals surface area contributed by atoms with Gasteiger partial charge in [0.2, 0.25) is 5.91 Å². The van der Waals surface area contributed by atoms with Gasteiger partial charge < -0.3 is 24.4 Å². The molecule has 0 radical (unpaired) electrons. The molecule has 0 aliphatic carbocycles. The number of piperidine rings is 1. The highest BCUT2D eigenvalue weighted by molar-refractivity contribution is 5.79. The number of amides is 1. The van der Waals surface area contributed by atoms with Crippen LogP contribution in [0.1, 0.15) is 31.4 Å². The lowest BCUT2D eigenvalue weighted by Gasteiger charge is -2.33. The van der Waals surface area contributed by atoms with Crippen molar-refractivity contribution >= 4 is 17.3 Å². The van der Waals surface area contributed by atoms with E-state index in [0.717, 1.165) is 5.56 Å². The molecule has 0 spiro atoms. The summed E-state index contributed by atoms with van der Waals surface area (Å²) in [5.74, 6) is 1.08. The number of rotatable bonds is 10. The van der Waals surface area contributed by atoms with Gasteiger partial charge in [-0.25, -0.2) is 0 Å². The molecule has 1 heterocycles. The van der Waals surface area contributed by atoms with E-state index in [4.69, 9.17) is 14.2 Å². The van der Waals surface area contributed by atoms with Crippen molar-refractivity contribution in [1.29, 1.82) is 0 Å². The van der Waals surface area contributed by atoms with Gasteiger partial charge in [0.25, 0.3) is 5.69 Å². The summed E-state index contributed by atoms with van der Waals surface area (Å²) in [6.45, 7) is 4.02. The Morgan fingerprint density at radius 1 is 1.15 bits per heavy atom. The Labute approximate surface area is 193 Å². The number of nitro benzene ring substituents is 1. The van der Waals surface area contributed by atoms with E-state index in [-0.39, 0.29) is 28.5 Å². The van der Waals surface area contributed by atoms with E-state index < -0.39 is 0 Å². The lowest BCUT2D eigenvalue weighted by atomic mass is 9.94. The predicted molar refractivity (Wildman–Crippen MR) is 125 cm³/mol. The zero-order valence-corrected chi connectivity index (χ0v) is 19.3. The summed E-state index contributed by atoms with van der Waals surface area (Å²) in [6.07, 6.45) is 1.28. The minimum atomic E-state index is -0.363. The summed E-state index contributed by atoms with van der Waals surface area (Å²) in [4.78, 5) is 25.8. The fourth-order valence-electron chi connectivity index (χ4n) is 3.99. The second-order valence-corrected chi connectivity index (χ2v) is 7.99. The average molecular weight is 458 g/mol. The monoisotopic (exact) mass is 457 g/mol. The highest BCUT2D eigenvalue weighted by Gasteiger charge is 2.28. The lowest BCUT2D eigenvalue weighted by Crippen LogP contribution is -2.41. The number of nitrogens with one attached hydrogen (secondary N) is 1. The summed E-state index contributed by atoms with van der Waals surface area (Å²) in [7, 11) is 3.19. The maximum Gasteiger partial charge on any atom is 0.292 e. The SMILES string of the molecule is COCCOc1ccc(C(C)NC(=O)C2CCN(c3ccccc3[N+](=O)[O-])CC2)cc1OC. The quantitative estimate of drug-likeness (QED) is 0.329. The fraction of sp³-hybridized carbons (Fsp3) is 0.458. The van der Waals surface area contributed by atoms with Crippen LogP contribution in [0.25, 0.3) is 0 Å². The molecular weight excluding hydrogens is 426 g/mol. The highest BCUT2D eigenvalue weighted by Crippen LogP contribution is 2.32. The minimum Gasteiger partial charge on any atom is -0.493 e. The number of hydrogen-bond acceptors (Lipinski definition) is 7. The van der Waals surface area contributed by atoms with Crippen molar-refractivity contribution in [2.24, 2.45) is 5.92 Å². The van der Waals surface area contributed by atoms with Gasteiger partial charge in [0.1, 0.15) is 12.3 Å². The van der Waals surface area contributed by atoms with Crippen molar-refractivity contribution in [3.8, 4) is 11.5 Å². The Balaban J connectivity index is 1.57. The van der Waals surface area contributed by atoms with E-state index >= 15 is 0 Å². The van der Waals surface area contributed by atoms with Gasteiger partial charge in [-0.3, -0.25) is 14.9 Å². The van der Waals surface area contributed by atoms with E-state index in [0.29, 0.717) is 56.3 Å². The predicted octanol–water partition coefficient (Wildman–Crippen LogP) is 3.72. The summed E-state index contributed by atoms with van der Waals surface area (Å²) < 4.78 is 16.1. The number of benzene rings is 2. The van der Waals surface area contributed by atoms with Gasteiger partial charge in [0.15, 0.2) is 11.5 Å². The number of hydrogen-bond donors (Lipinski definition) is 1. The van der Waals surface area contributed by atoms with Crippen LogP contribution in [0.3, 0.4) is 0 Å². The topological polar surface area (TPSA) is 103 Å². The summed E-state index contributed by atoms with van der Waals surface area (Å²) >= 11 is 0. The smallest absolute Gasteiger partial charge is 0.292 e. The summed E-state index contributed by atoms with van der Waals surface area (Å²) in [6, 6.07) is 12.1. The molecule has 1 atom stereocenters. The van der Waals surface area contributed by atoms with Crippen LogP contribution in [0.4, 0.5) is 11.4 Å². The Morgan fingerprint density at radius 3 is 2.55 bits per heavy atom. The number of anilines is 1. The third kappa shape index (κ3) is 6.13. The fourth-order valence-corrected chi connectivity index (χ4v) is 3.99. The zero-order chi connectivity index (χ0) is 23.8. The average Bonchev–Trinajstić information content (AvgIpc) is 2.84. The van der Waals surface area contributed by atoms with E-state index in [1.807, 2.05) is 30.0 Å². The number of methoxy groups -OCH3 is 2. The van der Waals surface area contributed by atoms with Crippen molar-refractivity contribution < 1.29 is 23.9 Å². The molecule has 1 fully saturated rings. The first-order chi connectivity index (χ1) is 15.9.